The van der Waals surface area contributed by atoms with Crippen molar-refractivity contribution >= 4 is 5.91 Å². The van der Waals surface area contributed by atoms with Crippen LogP contribution in [0.25, 0.3) is 0 Å². The smallest absolute Gasteiger partial charge is 0.255 e. The molecule has 1 heterocycles. The summed E-state index contributed by atoms with van der Waals surface area (Å²) in [5.74, 6) is 1.40. The Bertz CT molecular complexity index is 929. The Labute approximate surface area is 164 Å². The first-order chi connectivity index (χ1) is 13.7. The molecule has 0 unspecified atom stereocenters. The van der Waals surface area contributed by atoms with Crippen LogP contribution in [0.4, 0.5) is 0 Å². The van der Waals surface area contributed by atoms with Gasteiger partial charge >= 0.3 is 0 Å². The van der Waals surface area contributed by atoms with Crippen LogP contribution in [0, 0.1) is 0 Å². The molecule has 0 aliphatic carbocycles. The maximum atomic E-state index is 12.6. The van der Waals surface area contributed by atoms with Gasteiger partial charge < -0.3 is 19.5 Å². The van der Waals surface area contributed by atoms with E-state index in [2.05, 4.69) is 10.3 Å². The number of methoxy groups -OCH3 is 2. The lowest BCUT2D eigenvalue weighted by molar-refractivity contribution is 0.0947. The summed E-state index contributed by atoms with van der Waals surface area (Å²) in [5.41, 5.74) is 2.20. The molecule has 3 aromatic rings. The fraction of sp³-hybridized carbons (Fsp3) is 0.182. The Morgan fingerprint density at radius 2 is 1.86 bits per heavy atom. The monoisotopic (exact) mass is 378 g/mol. The predicted octanol–water partition coefficient (Wildman–Crippen LogP) is 3.61. The third-order valence-corrected chi connectivity index (χ3v) is 4.11. The van der Waals surface area contributed by atoms with Crippen molar-refractivity contribution in [2.45, 2.75) is 13.2 Å². The lowest BCUT2D eigenvalue weighted by Gasteiger charge is -2.13. The van der Waals surface area contributed by atoms with E-state index in [-0.39, 0.29) is 5.91 Å². The zero-order chi connectivity index (χ0) is 19.8. The quantitative estimate of drug-likeness (QED) is 0.648. The maximum Gasteiger partial charge on any atom is 0.255 e. The number of pyridine rings is 1. The number of benzene rings is 2. The molecule has 6 nitrogen and oxygen atoms in total. The van der Waals surface area contributed by atoms with Gasteiger partial charge in [0.1, 0.15) is 12.4 Å². The van der Waals surface area contributed by atoms with Crippen LogP contribution in [0.2, 0.25) is 0 Å². The molecular weight excluding hydrogens is 356 g/mol. The number of carbonyl (C=O) groups excluding carboxylic acids is 1. The van der Waals surface area contributed by atoms with Crippen LogP contribution < -0.4 is 19.5 Å². The van der Waals surface area contributed by atoms with E-state index in [0.717, 1.165) is 17.0 Å². The molecule has 0 atom stereocenters. The Morgan fingerprint density at radius 1 is 1.00 bits per heavy atom. The van der Waals surface area contributed by atoms with Crippen molar-refractivity contribution in [2.24, 2.45) is 0 Å². The number of nitrogens with zero attached hydrogens (tertiary/aromatic N) is 1. The van der Waals surface area contributed by atoms with Crippen LogP contribution in [-0.4, -0.2) is 25.1 Å². The molecule has 0 spiro atoms. The molecule has 1 aromatic heterocycles. The molecule has 0 saturated carbocycles. The number of nitrogens with one attached hydrogen (secondary N) is 1. The molecule has 0 saturated heterocycles. The molecule has 3 rings (SSSR count). The molecule has 1 amide bonds. The molecule has 28 heavy (non-hydrogen) atoms. The average Bonchev–Trinajstić information content (AvgIpc) is 2.76. The van der Waals surface area contributed by atoms with Crippen molar-refractivity contribution in [3.8, 4) is 17.2 Å². The van der Waals surface area contributed by atoms with Gasteiger partial charge in [0, 0.05) is 12.7 Å². The summed E-state index contributed by atoms with van der Waals surface area (Å²) in [6.45, 7) is 0.748. The maximum absolute atomic E-state index is 12.6. The second kappa shape index (κ2) is 9.41. The molecule has 2 aromatic carbocycles. The Morgan fingerprint density at radius 3 is 2.61 bits per heavy atom. The molecule has 1 N–H and O–H groups in total. The molecule has 0 aliphatic rings. The topological polar surface area (TPSA) is 69.7 Å². The first-order valence-electron chi connectivity index (χ1n) is 8.82. The number of carbonyl (C=O) groups is 1. The molecule has 144 valence electrons. The number of hydrogen-bond acceptors (Lipinski definition) is 5. The van der Waals surface area contributed by atoms with Crippen molar-refractivity contribution in [1.29, 1.82) is 0 Å². The number of hydrogen-bond donors (Lipinski definition) is 1. The van der Waals surface area contributed by atoms with E-state index in [1.807, 2.05) is 42.5 Å². The minimum absolute atomic E-state index is 0.240. The van der Waals surface area contributed by atoms with E-state index in [9.17, 15) is 4.79 Å². The molecule has 0 bridgehead atoms. The SMILES string of the molecule is COc1cccc(C(=O)NCc2cccc(OCc3ccccn3)c2)c1OC. The molecule has 0 fully saturated rings. The van der Waals surface area contributed by atoms with Crippen LogP contribution in [-0.2, 0) is 13.2 Å². The first-order valence-corrected chi connectivity index (χ1v) is 8.82. The highest BCUT2D eigenvalue weighted by Gasteiger charge is 2.16. The number of aromatic nitrogens is 1. The second-order valence-corrected chi connectivity index (χ2v) is 5.98. The van der Waals surface area contributed by atoms with E-state index < -0.39 is 0 Å². The Hall–Kier alpha value is -3.54. The van der Waals surface area contributed by atoms with Gasteiger partial charge in [0.15, 0.2) is 11.5 Å². The van der Waals surface area contributed by atoms with Crippen molar-refractivity contribution in [3.05, 3.63) is 83.7 Å². The van der Waals surface area contributed by atoms with E-state index in [0.29, 0.717) is 30.2 Å². The number of rotatable bonds is 8. The predicted molar refractivity (Wildman–Crippen MR) is 106 cm³/mol. The minimum Gasteiger partial charge on any atom is -0.493 e. The van der Waals surface area contributed by atoms with Crippen molar-refractivity contribution < 1.29 is 19.0 Å². The van der Waals surface area contributed by atoms with E-state index in [1.165, 1.54) is 14.2 Å². The second-order valence-electron chi connectivity index (χ2n) is 5.98. The van der Waals surface area contributed by atoms with Gasteiger partial charge in [-0.2, -0.15) is 0 Å². The van der Waals surface area contributed by atoms with Crippen molar-refractivity contribution in [1.82, 2.24) is 10.3 Å². The van der Waals surface area contributed by atoms with E-state index >= 15 is 0 Å². The highest BCUT2D eigenvalue weighted by Crippen LogP contribution is 2.30. The number of para-hydroxylation sites is 1. The van der Waals surface area contributed by atoms with Gasteiger partial charge in [-0.05, 0) is 42.0 Å². The zero-order valence-electron chi connectivity index (χ0n) is 15.8. The van der Waals surface area contributed by atoms with Gasteiger partial charge in [-0.25, -0.2) is 0 Å². The fourth-order valence-corrected chi connectivity index (χ4v) is 2.73. The lowest BCUT2D eigenvalue weighted by atomic mass is 10.1. The molecule has 6 heteroatoms. The summed E-state index contributed by atoms with van der Waals surface area (Å²) >= 11 is 0. The van der Waals surface area contributed by atoms with Crippen LogP contribution in [0.3, 0.4) is 0 Å². The van der Waals surface area contributed by atoms with Crippen LogP contribution in [0.5, 0.6) is 17.2 Å². The van der Waals surface area contributed by atoms with Crippen molar-refractivity contribution in [2.75, 3.05) is 14.2 Å². The highest BCUT2D eigenvalue weighted by atomic mass is 16.5. The van der Waals surface area contributed by atoms with Gasteiger partial charge in [0.2, 0.25) is 0 Å². The number of ether oxygens (including phenoxy) is 3. The first kappa shape index (κ1) is 19.2. The average molecular weight is 378 g/mol. The molecular formula is C22H22N2O4. The third-order valence-electron chi connectivity index (χ3n) is 4.11. The summed E-state index contributed by atoms with van der Waals surface area (Å²) in [6, 6.07) is 18.5. The van der Waals surface area contributed by atoms with Crippen molar-refractivity contribution in [3.63, 3.8) is 0 Å². The Kier molecular flexibility index (Phi) is 6.46. The van der Waals surface area contributed by atoms with Gasteiger partial charge in [-0.1, -0.05) is 24.3 Å². The summed E-state index contributed by atoms with van der Waals surface area (Å²) < 4.78 is 16.3. The third kappa shape index (κ3) is 4.79. The summed E-state index contributed by atoms with van der Waals surface area (Å²) in [4.78, 5) is 16.8. The normalized spacial score (nSPS) is 10.2. The van der Waals surface area contributed by atoms with E-state index in [1.54, 1.807) is 24.4 Å². The zero-order valence-corrected chi connectivity index (χ0v) is 15.8. The Balaban J connectivity index is 1.62. The number of amides is 1. The van der Waals surface area contributed by atoms with Crippen LogP contribution >= 0.6 is 0 Å². The largest absolute Gasteiger partial charge is 0.493 e. The molecule has 0 radical (unpaired) electrons. The van der Waals surface area contributed by atoms with Gasteiger partial charge in [0.25, 0.3) is 5.91 Å². The highest BCUT2D eigenvalue weighted by molar-refractivity contribution is 5.97. The van der Waals surface area contributed by atoms with Gasteiger partial charge in [-0.3, -0.25) is 9.78 Å². The molecule has 0 aliphatic heterocycles. The summed E-state index contributed by atoms with van der Waals surface area (Å²) in [7, 11) is 3.05. The fourth-order valence-electron chi connectivity index (χ4n) is 2.73. The van der Waals surface area contributed by atoms with E-state index in [4.69, 9.17) is 14.2 Å². The van der Waals surface area contributed by atoms with Crippen LogP contribution in [0.15, 0.2) is 66.9 Å². The standard InChI is InChI=1S/C22H22N2O4/c1-26-20-11-6-10-19(21(20)27-2)22(25)24-14-16-7-5-9-18(13-16)28-15-17-8-3-4-12-23-17/h3-13H,14-15H2,1-2H3,(H,24,25). The van der Waals surface area contributed by atoms with Gasteiger partial charge in [-0.15, -0.1) is 0 Å². The summed E-state index contributed by atoms with van der Waals surface area (Å²) in [6.07, 6.45) is 1.73. The lowest BCUT2D eigenvalue weighted by Crippen LogP contribution is -2.23. The van der Waals surface area contributed by atoms with Crippen LogP contribution in [0.1, 0.15) is 21.6 Å². The summed E-state index contributed by atoms with van der Waals surface area (Å²) in [5, 5.41) is 2.90. The van der Waals surface area contributed by atoms with Gasteiger partial charge in [0.05, 0.1) is 25.5 Å². The minimum atomic E-state index is -0.240.